The number of carbonyl (C=O) groups excluding carboxylic acids is 1. The minimum atomic E-state index is -3.94. The van der Waals surface area contributed by atoms with Gasteiger partial charge in [0.15, 0.2) is 0 Å². The maximum atomic E-state index is 13.0. The maximum absolute atomic E-state index is 13.0. The van der Waals surface area contributed by atoms with Gasteiger partial charge in [0.05, 0.1) is 17.6 Å². The Hall–Kier alpha value is -3.63. The minimum Gasteiger partial charge on any atom is -0.507 e. The predicted molar refractivity (Wildman–Crippen MR) is 124 cm³/mol. The Labute approximate surface area is 191 Å². The number of hydrogen-bond acceptors (Lipinski definition) is 6. The van der Waals surface area contributed by atoms with E-state index >= 15 is 0 Å². The number of phenols is 1. The van der Waals surface area contributed by atoms with E-state index in [4.69, 9.17) is 15.9 Å². The van der Waals surface area contributed by atoms with Crippen LogP contribution in [0.2, 0.25) is 0 Å². The predicted octanol–water partition coefficient (Wildman–Crippen LogP) is 1.92. The van der Waals surface area contributed by atoms with Crippen molar-refractivity contribution < 1.29 is 23.1 Å². The number of amides is 1. The van der Waals surface area contributed by atoms with Gasteiger partial charge >= 0.3 is 0 Å². The van der Waals surface area contributed by atoms with Gasteiger partial charge in [-0.1, -0.05) is 24.3 Å². The van der Waals surface area contributed by atoms with Crippen molar-refractivity contribution in [3.8, 4) is 11.5 Å². The highest BCUT2D eigenvalue weighted by molar-refractivity contribution is 7.89. The molecule has 1 fully saturated rings. The molecule has 9 nitrogen and oxygen atoms in total. The Morgan fingerprint density at radius 3 is 2.70 bits per heavy atom. The molecule has 0 saturated carbocycles. The van der Waals surface area contributed by atoms with Gasteiger partial charge in [-0.25, -0.2) is 8.42 Å². The quantitative estimate of drug-likeness (QED) is 0.308. The largest absolute Gasteiger partial charge is 0.507 e. The molecule has 1 heterocycles. The zero-order chi connectivity index (χ0) is 23.8. The Morgan fingerprint density at radius 2 is 1.97 bits per heavy atom. The number of hydrogen-bond donors (Lipinski definition) is 4. The molecule has 0 unspecified atom stereocenters. The summed E-state index contributed by atoms with van der Waals surface area (Å²) >= 11 is 0. The lowest BCUT2D eigenvalue weighted by atomic mass is 10.1. The monoisotopic (exact) mass is 468 g/mol. The van der Waals surface area contributed by atoms with Gasteiger partial charge in [0.1, 0.15) is 23.4 Å². The molecule has 0 bridgehead atoms. The van der Waals surface area contributed by atoms with Crippen LogP contribution in [0.3, 0.4) is 0 Å². The Bertz CT molecular complexity index is 1360. The van der Waals surface area contributed by atoms with Crippen LogP contribution in [0.5, 0.6) is 11.5 Å². The zero-order valence-corrected chi connectivity index (χ0v) is 18.7. The van der Waals surface area contributed by atoms with E-state index in [0.717, 1.165) is 5.39 Å². The molecule has 0 spiro atoms. The number of para-hydroxylation sites is 1. The lowest BCUT2D eigenvalue weighted by Gasteiger charge is -2.19. The fraction of sp³-hybridized carbons (Fsp3) is 0.217. The fourth-order valence-corrected chi connectivity index (χ4v) is 5.16. The molecule has 4 rings (SSSR count). The van der Waals surface area contributed by atoms with Crippen molar-refractivity contribution in [1.82, 2.24) is 9.62 Å². The fourth-order valence-electron chi connectivity index (χ4n) is 3.90. The molecule has 0 aromatic heterocycles. The van der Waals surface area contributed by atoms with Crippen molar-refractivity contribution in [2.75, 3.05) is 13.7 Å². The molecular formula is C23H24N4O5S. The van der Waals surface area contributed by atoms with Gasteiger partial charge in [-0.15, -0.1) is 0 Å². The molecular weight excluding hydrogens is 444 g/mol. The van der Waals surface area contributed by atoms with Crippen molar-refractivity contribution >= 4 is 32.5 Å². The van der Waals surface area contributed by atoms with E-state index in [9.17, 15) is 18.3 Å². The minimum absolute atomic E-state index is 0.0568. The van der Waals surface area contributed by atoms with Crippen LogP contribution in [0.15, 0.2) is 59.5 Å². The van der Waals surface area contributed by atoms with Crippen LogP contribution in [-0.2, 0) is 21.4 Å². The normalized spacial score (nSPS) is 16.3. The molecule has 1 atom stereocenters. The van der Waals surface area contributed by atoms with Gasteiger partial charge < -0.3 is 20.5 Å². The maximum Gasteiger partial charge on any atom is 0.241 e. The summed E-state index contributed by atoms with van der Waals surface area (Å²) in [4.78, 5) is 14.4. The summed E-state index contributed by atoms with van der Waals surface area (Å²) in [7, 11) is -2.40. The van der Waals surface area contributed by atoms with Gasteiger partial charge in [0.25, 0.3) is 0 Å². The lowest BCUT2D eigenvalue weighted by molar-refractivity contribution is -0.129. The number of carbonyl (C=O) groups is 1. The molecule has 1 aliphatic rings. The molecule has 5 N–H and O–H groups in total. The number of nitrogen functional groups attached to an aromatic ring is 1. The Morgan fingerprint density at radius 1 is 1.21 bits per heavy atom. The third kappa shape index (κ3) is 4.48. The number of phenolic OH excluding ortho intramolecular Hbond substituents is 1. The number of nitrogens with two attached hydrogens (primary N) is 1. The van der Waals surface area contributed by atoms with Crippen molar-refractivity contribution in [3.63, 3.8) is 0 Å². The van der Waals surface area contributed by atoms with Crippen LogP contribution in [0.25, 0.3) is 10.8 Å². The summed E-state index contributed by atoms with van der Waals surface area (Å²) in [6.45, 7) is 0.407. The SMILES string of the molecule is COc1ccc2ccc(S(=O)(=O)N[C@H]3CCN(Cc4cccc(C(=N)N)c4O)C3=O)cc2c1. The first-order valence-corrected chi connectivity index (χ1v) is 11.7. The van der Waals surface area contributed by atoms with E-state index in [1.807, 2.05) is 6.07 Å². The highest BCUT2D eigenvalue weighted by Gasteiger charge is 2.35. The number of nitrogens with zero attached hydrogens (tertiary/aromatic N) is 1. The molecule has 0 radical (unpaired) electrons. The second kappa shape index (κ2) is 8.72. The third-order valence-electron chi connectivity index (χ3n) is 5.70. The molecule has 1 saturated heterocycles. The van der Waals surface area contributed by atoms with Crippen LogP contribution < -0.4 is 15.2 Å². The molecule has 33 heavy (non-hydrogen) atoms. The first kappa shape index (κ1) is 22.6. The zero-order valence-electron chi connectivity index (χ0n) is 17.9. The van der Waals surface area contributed by atoms with Crippen molar-refractivity contribution in [1.29, 1.82) is 5.41 Å². The summed E-state index contributed by atoms with van der Waals surface area (Å²) < 4.78 is 33.7. The molecule has 1 amide bonds. The van der Waals surface area contributed by atoms with Gasteiger partial charge in [-0.05, 0) is 47.5 Å². The summed E-state index contributed by atoms with van der Waals surface area (Å²) in [5.74, 6) is -0.202. The first-order chi connectivity index (χ1) is 15.7. The van der Waals surface area contributed by atoms with E-state index in [-0.39, 0.29) is 34.5 Å². The standard InChI is InChI=1S/C23H24N4O5S/c1-32-17-7-5-14-6-8-18(12-16(14)11-17)33(30,31)26-20-9-10-27(23(20)29)13-15-3-2-4-19(21(15)28)22(24)25/h2-8,11-12,20,26,28H,9-10,13H2,1H3,(H3,24,25)/t20-/m0/s1. The number of likely N-dealkylation sites (tertiary alicyclic amines) is 1. The smallest absolute Gasteiger partial charge is 0.241 e. The lowest BCUT2D eigenvalue weighted by Crippen LogP contribution is -2.41. The summed E-state index contributed by atoms with van der Waals surface area (Å²) in [5.41, 5.74) is 6.09. The van der Waals surface area contributed by atoms with Gasteiger partial charge in [0.2, 0.25) is 15.9 Å². The highest BCUT2D eigenvalue weighted by Crippen LogP contribution is 2.27. The number of ether oxygens (including phenoxy) is 1. The second-order valence-corrected chi connectivity index (χ2v) is 9.54. The van der Waals surface area contributed by atoms with Crippen LogP contribution in [0.1, 0.15) is 17.5 Å². The number of nitrogens with one attached hydrogen (secondary N) is 2. The number of methoxy groups -OCH3 is 1. The molecule has 10 heteroatoms. The van der Waals surface area contributed by atoms with E-state index in [1.54, 1.807) is 36.4 Å². The number of fused-ring (bicyclic) bond motifs is 1. The van der Waals surface area contributed by atoms with Crippen molar-refractivity contribution in [2.24, 2.45) is 5.73 Å². The van der Waals surface area contributed by atoms with E-state index < -0.39 is 16.1 Å². The van der Waals surface area contributed by atoms with Crippen LogP contribution >= 0.6 is 0 Å². The highest BCUT2D eigenvalue weighted by atomic mass is 32.2. The Kier molecular flexibility index (Phi) is 5.96. The first-order valence-electron chi connectivity index (χ1n) is 10.2. The van der Waals surface area contributed by atoms with Gasteiger partial charge in [-0.2, -0.15) is 4.72 Å². The summed E-state index contributed by atoms with van der Waals surface area (Å²) in [6, 6.07) is 14.0. The second-order valence-electron chi connectivity index (χ2n) is 7.82. The number of benzene rings is 3. The van der Waals surface area contributed by atoms with E-state index in [2.05, 4.69) is 4.72 Å². The topological polar surface area (TPSA) is 146 Å². The molecule has 1 aliphatic heterocycles. The van der Waals surface area contributed by atoms with Crippen LogP contribution in [0, 0.1) is 5.41 Å². The number of rotatable bonds is 7. The number of amidine groups is 1. The van der Waals surface area contributed by atoms with E-state index in [1.165, 1.54) is 24.1 Å². The van der Waals surface area contributed by atoms with Gasteiger partial charge in [-0.3, -0.25) is 10.2 Å². The van der Waals surface area contributed by atoms with Crippen molar-refractivity contribution in [2.45, 2.75) is 23.9 Å². The van der Waals surface area contributed by atoms with Gasteiger partial charge in [0, 0.05) is 18.7 Å². The molecule has 3 aromatic rings. The number of sulfonamides is 1. The molecule has 3 aromatic carbocycles. The molecule has 172 valence electrons. The molecule has 0 aliphatic carbocycles. The summed E-state index contributed by atoms with van der Waals surface area (Å²) in [5, 5.41) is 19.5. The average Bonchev–Trinajstić information content (AvgIpc) is 3.12. The number of aromatic hydroxyl groups is 1. The van der Waals surface area contributed by atoms with Crippen molar-refractivity contribution in [3.05, 3.63) is 65.7 Å². The Balaban J connectivity index is 1.51. The third-order valence-corrected chi connectivity index (χ3v) is 7.16. The average molecular weight is 469 g/mol. The van der Waals surface area contributed by atoms with E-state index in [0.29, 0.717) is 29.7 Å². The van der Waals surface area contributed by atoms with Crippen LogP contribution in [0.4, 0.5) is 0 Å². The summed E-state index contributed by atoms with van der Waals surface area (Å²) in [6.07, 6.45) is 0.298. The van der Waals surface area contributed by atoms with Crippen LogP contribution in [-0.4, -0.2) is 49.9 Å².